The molecule has 1 aromatic heterocycles. The van der Waals surface area contributed by atoms with Crippen molar-refractivity contribution in [3.8, 4) is 0 Å². The molecule has 104 valence electrons. The molecule has 0 radical (unpaired) electrons. The van der Waals surface area contributed by atoms with Gasteiger partial charge in [0.15, 0.2) is 0 Å². The van der Waals surface area contributed by atoms with Crippen LogP contribution < -0.4 is 5.32 Å². The summed E-state index contributed by atoms with van der Waals surface area (Å²) in [6, 6.07) is 2.18. The van der Waals surface area contributed by atoms with Crippen LogP contribution in [-0.2, 0) is 6.18 Å². The summed E-state index contributed by atoms with van der Waals surface area (Å²) in [4.78, 5) is 17.0. The maximum Gasteiger partial charge on any atom is 0.433 e. The standard InChI is InChI=1S/C12H14F3N3O/c1-8-7-18(5-4-16-8)11(19)9-2-3-10(17-6-9)12(13,14)15/h2-3,6,8,16H,4-5,7H2,1H3. The lowest BCUT2D eigenvalue weighted by atomic mass is 10.2. The first-order chi connectivity index (χ1) is 8.88. The number of nitrogens with zero attached hydrogens (tertiary/aromatic N) is 2. The fourth-order valence-electron chi connectivity index (χ4n) is 1.99. The molecular formula is C12H14F3N3O. The average molecular weight is 273 g/mol. The first-order valence-electron chi connectivity index (χ1n) is 5.94. The zero-order chi connectivity index (χ0) is 14.0. The number of nitrogens with one attached hydrogen (secondary N) is 1. The monoisotopic (exact) mass is 273 g/mol. The smallest absolute Gasteiger partial charge is 0.336 e. The number of carbonyl (C=O) groups is 1. The molecule has 0 aliphatic carbocycles. The Hall–Kier alpha value is -1.63. The fraction of sp³-hybridized carbons (Fsp3) is 0.500. The number of piperazine rings is 1. The molecule has 0 aromatic carbocycles. The van der Waals surface area contributed by atoms with E-state index in [9.17, 15) is 18.0 Å². The molecule has 1 saturated heterocycles. The number of halogens is 3. The largest absolute Gasteiger partial charge is 0.433 e. The van der Waals surface area contributed by atoms with Gasteiger partial charge in [0, 0.05) is 31.9 Å². The highest BCUT2D eigenvalue weighted by atomic mass is 19.4. The van der Waals surface area contributed by atoms with Crippen LogP contribution in [0.4, 0.5) is 13.2 Å². The second-order valence-corrected chi connectivity index (χ2v) is 4.54. The van der Waals surface area contributed by atoms with E-state index in [2.05, 4.69) is 10.3 Å². The molecule has 0 saturated carbocycles. The van der Waals surface area contributed by atoms with Crippen LogP contribution in [-0.4, -0.2) is 41.5 Å². The van der Waals surface area contributed by atoms with Gasteiger partial charge in [-0.05, 0) is 19.1 Å². The van der Waals surface area contributed by atoms with Crippen LogP contribution in [0.25, 0.3) is 0 Å². The lowest BCUT2D eigenvalue weighted by Crippen LogP contribution is -2.51. The van der Waals surface area contributed by atoms with Crippen molar-refractivity contribution in [3.63, 3.8) is 0 Å². The summed E-state index contributed by atoms with van der Waals surface area (Å²) in [6.07, 6.45) is -3.50. The Morgan fingerprint density at radius 3 is 2.74 bits per heavy atom. The SMILES string of the molecule is CC1CN(C(=O)c2ccc(C(F)(F)F)nc2)CCN1. The van der Waals surface area contributed by atoms with Gasteiger partial charge in [0.2, 0.25) is 0 Å². The third kappa shape index (κ3) is 3.23. The molecule has 4 nitrogen and oxygen atoms in total. The molecule has 1 aliphatic rings. The Morgan fingerprint density at radius 1 is 1.47 bits per heavy atom. The Labute approximate surface area is 108 Å². The first-order valence-corrected chi connectivity index (χ1v) is 5.94. The van der Waals surface area contributed by atoms with Crippen molar-refractivity contribution in [2.24, 2.45) is 0 Å². The topological polar surface area (TPSA) is 45.2 Å². The first kappa shape index (κ1) is 13.8. The molecule has 1 fully saturated rings. The van der Waals surface area contributed by atoms with Crippen LogP contribution in [0.3, 0.4) is 0 Å². The van der Waals surface area contributed by atoms with E-state index in [4.69, 9.17) is 0 Å². The molecule has 1 aromatic rings. The number of aromatic nitrogens is 1. The zero-order valence-corrected chi connectivity index (χ0v) is 10.4. The van der Waals surface area contributed by atoms with Crippen LogP contribution in [0.1, 0.15) is 23.0 Å². The molecule has 19 heavy (non-hydrogen) atoms. The maximum atomic E-state index is 12.4. The van der Waals surface area contributed by atoms with Gasteiger partial charge in [-0.15, -0.1) is 0 Å². The summed E-state index contributed by atoms with van der Waals surface area (Å²) in [5, 5.41) is 3.19. The van der Waals surface area contributed by atoms with Crippen LogP contribution in [0.5, 0.6) is 0 Å². The molecule has 1 amide bonds. The van der Waals surface area contributed by atoms with Crippen LogP contribution in [0, 0.1) is 0 Å². The summed E-state index contributed by atoms with van der Waals surface area (Å²) in [6.45, 7) is 3.72. The molecule has 0 spiro atoms. The van der Waals surface area contributed by atoms with Crippen molar-refractivity contribution in [2.75, 3.05) is 19.6 Å². The predicted octanol–water partition coefficient (Wildman–Crippen LogP) is 1.53. The molecular weight excluding hydrogens is 259 g/mol. The molecule has 1 atom stereocenters. The van der Waals surface area contributed by atoms with Gasteiger partial charge in [0.25, 0.3) is 5.91 Å². The van der Waals surface area contributed by atoms with Crippen molar-refractivity contribution in [3.05, 3.63) is 29.6 Å². The Morgan fingerprint density at radius 2 is 2.21 bits per heavy atom. The highest BCUT2D eigenvalue weighted by Crippen LogP contribution is 2.27. The summed E-state index contributed by atoms with van der Waals surface area (Å²) in [5.41, 5.74) is -0.806. The maximum absolute atomic E-state index is 12.4. The summed E-state index contributed by atoms with van der Waals surface area (Å²) in [5.74, 6) is -0.283. The molecule has 7 heteroatoms. The second-order valence-electron chi connectivity index (χ2n) is 4.54. The Bertz CT molecular complexity index is 458. The van der Waals surface area contributed by atoms with Crippen molar-refractivity contribution in [2.45, 2.75) is 19.1 Å². The highest BCUT2D eigenvalue weighted by Gasteiger charge is 2.32. The van der Waals surface area contributed by atoms with Gasteiger partial charge in [0.1, 0.15) is 5.69 Å². The summed E-state index contributed by atoms with van der Waals surface area (Å²) >= 11 is 0. The van der Waals surface area contributed by atoms with Gasteiger partial charge in [-0.25, -0.2) is 0 Å². The number of hydrogen-bond acceptors (Lipinski definition) is 3. The van der Waals surface area contributed by atoms with E-state index in [1.807, 2.05) is 6.92 Å². The lowest BCUT2D eigenvalue weighted by Gasteiger charge is -2.31. The van der Waals surface area contributed by atoms with Gasteiger partial charge < -0.3 is 10.2 Å². The van der Waals surface area contributed by atoms with Gasteiger partial charge >= 0.3 is 6.18 Å². The minimum atomic E-state index is -4.48. The fourth-order valence-corrected chi connectivity index (χ4v) is 1.99. The number of rotatable bonds is 1. The van der Waals surface area contributed by atoms with E-state index >= 15 is 0 Å². The quantitative estimate of drug-likeness (QED) is 0.844. The number of carbonyl (C=O) groups excluding carboxylic acids is 1. The van der Waals surface area contributed by atoms with Crippen LogP contribution >= 0.6 is 0 Å². The van der Waals surface area contributed by atoms with Gasteiger partial charge in [-0.2, -0.15) is 13.2 Å². The summed E-state index contributed by atoms with van der Waals surface area (Å²) in [7, 11) is 0. The molecule has 1 aliphatic heterocycles. The van der Waals surface area contributed by atoms with Crippen molar-refractivity contribution >= 4 is 5.91 Å². The predicted molar refractivity (Wildman–Crippen MR) is 62.6 cm³/mol. The van der Waals surface area contributed by atoms with E-state index in [-0.39, 0.29) is 17.5 Å². The number of amides is 1. The van der Waals surface area contributed by atoms with E-state index in [1.165, 1.54) is 6.07 Å². The lowest BCUT2D eigenvalue weighted by molar-refractivity contribution is -0.141. The average Bonchev–Trinajstić information content (AvgIpc) is 2.37. The van der Waals surface area contributed by atoms with Crippen LogP contribution in [0.15, 0.2) is 18.3 Å². The van der Waals surface area contributed by atoms with E-state index in [0.717, 1.165) is 12.3 Å². The van der Waals surface area contributed by atoms with Gasteiger partial charge in [-0.3, -0.25) is 9.78 Å². The van der Waals surface area contributed by atoms with Crippen LogP contribution in [0.2, 0.25) is 0 Å². The van der Waals surface area contributed by atoms with Crippen molar-refractivity contribution < 1.29 is 18.0 Å². The Kier molecular flexibility index (Phi) is 3.75. The zero-order valence-electron chi connectivity index (χ0n) is 10.4. The summed E-state index contributed by atoms with van der Waals surface area (Å²) < 4.78 is 37.1. The van der Waals surface area contributed by atoms with Crippen molar-refractivity contribution in [1.82, 2.24) is 15.2 Å². The molecule has 2 heterocycles. The second kappa shape index (κ2) is 5.16. The van der Waals surface area contributed by atoms with Gasteiger partial charge in [-0.1, -0.05) is 0 Å². The normalized spacial score (nSPS) is 20.4. The van der Waals surface area contributed by atoms with E-state index in [1.54, 1.807) is 4.90 Å². The molecule has 2 rings (SSSR count). The third-order valence-corrected chi connectivity index (χ3v) is 2.96. The molecule has 1 unspecified atom stereocenters. The number of pyridine rings is 1. The highest BCUT2D eigenvalue weighted by molar-refractivity contribution is 5.94. The molecule has 0 bridgehead atoms. The van der Waals surface area contributed by atoms with Crippen molar-refractivity contribution in [1.29, 1.82) is 0 Å². The van der Waals surface area contributed by atoms with E-state index < -0.39 is 11.9 Å². The van der Waals surface area contributed by atoms with E-state index in [0.29, 0.717) is 19.6 Å². The molecule has 1 N–H and O–H groups in total. The minimum Gasteiger partial charge on any atom is -0.336 e. The van der Waals surface area contributed by atoms with Gasteiger partial charge in [0.05, 0.1) is 5.56 Å². The number of hydrogen-bond donors (Lipinski definition) is 1. The minimum absolute atomic E-state index is 0.181. The Balaban J connectivity index is 2.11. The number of alkyl halides is 3. The third-order valence-electron chi connectivity index (χ3n) is 2.96.